The molecule has 0 atom stereocenters. The van der Waals surface area contributed by atoms with E-state index in [1.807, 2.05) is 25.1 Å². The molecule has 1 heterocycles. The van der Waals surface area contributed by atoms with Gasteiger partial charge in [0.2, 0.25) is 0 Å². The zero-order valence-corrected chi connectivity index (χ0v) is 12.5. The summed E-state index contributed by atoms with van der Waals surface area (Å²) in [5, 5.41) is 0. The van der Waals surface area contributed by atoms with Gasteiger partial charge in [0, 0.05) is 17.4 Å². The number of rotatable bonds is 5. The van der Waals surface area contributed by atoms with E-state index in [9.17, 15) is 9.59 Å². The standard InChI is InChI=1S/C17H17NO4/c1-4-22-12(2)13-10-15(17(20)21-3)16(19)18(11-13)14-8-6-5-7-9-14/h5-11H,2,4H2,1,3H3. The van der Waals surface area contributed by atoms with E-state index in [4.69, 9.17) is 4.74 Å². The lowest BCUT2D eigenvalue weighted by atomic mass is 10.1. The summed E-state index contributed by atoms with van der Waals surface area (Å²) in [4.78, 5) is 24.3. The van der Waals surface area contributed by atoms with Crippen LogP contribution in [0.25, 0.3) is 11.4 Å². The smallest absolute Gasteiger partial charge is 0.343 e. The maximum Gasteiger partial charge on any atom is 0.343 e. The fourth-order valence-corrected chi connectivity index (χ4v) is 2.03. The monoisotopic (exact) mass is 299 g/mol. The molecule has 0 saturated carbocycles. The van der Waals surface area contributed by atoms with Crippen LogP contribution in [0.15, 0.2) is 54.0 Å². The summed E-state index contributed by atoms with van der Waals surface area (Å²) >= 11 is 0. The number of aromatic nitrogens is 1. The van der Waals surface area contributed by atoms with Crippen LogP contribution in [0, 0.1) is 0 Å². The maximum absolute atomic E-state index is 12.5. The number of pyridine rings is 1. The largest absolute Gasteiger partial charge is 0.494 e. The highest BCUT2D eigenvalue weighted by molar-refractivity contribution is 5.89. The molecule has 22 heavy (non-hydrogen) atoms. The highest BCUT2D eigenvalue weighted by atomic mass is 16.5. The van der Waals surface area contributed by atoms with Gasteiger partial charge in [0.1, 0.15) is 11.3 Å². The van der Waals surface area contributed by atoms with Crippen LogP contribution in [0.3, 0.4) is 0 Å². The lowest BCUT2D eigenvalue weighted by Crippen LogP contribution is -2.26. The predicted octanol–water partition coefficient (Wildman–Crippen LogP) is 2.63. The number of benzene rings is 1. The summed E-state index contributed by atoms with van der Waals surface area (Å²) in [6.45, 7) is 6.09. The van der Waals surface area contributed by atoms with Crippen molar-refractivity contribution in [2.75, 3.05) is 13.7 Å². The Labute approximate surface area is 128 Å². The number of methoxy groups -OCH3 is 1. The topological polar surface area (TPSA) is 57.5 Å². The molecular formula is C17H17NO4. The van der Waals surface area contributed by atoms with Gasteiger partial charge in [0.05, 0.1) is 13.7 Å². The van der Waals surface area contributed by atoms with E-state index in [1.165, 1.54) is 17.7 Å². The van der Waals surface area contributed by atoms with E-state index in [1.54, 1.807) is 18.3 Å². The molecule has 0 saturated heterocycles. The lowest BCUT2D eigenvalue weighted by Gasteiger charge is -2.13. The van der Waals surface area contributed by atoms with Crippen molar-refractivity contribution in [3.8, 4) is 5.69 Å². The molecular weight excluding hydrogens is 282 g/mol. The van der Waals surface area contributed by atoms with Gasteiger partial charge < -0.3 is 9.47 Å². The second kappa shape index (κ2) is 6.76. The SMILES string of the molecule is C=C(OCC)c1cc(C(=O)OC)c(=O)n(-c2ccccc2)c1. The van der Waals surface area contributed by atoms with Crippen LogP contribution in [-0.2, 0) is 9.47 Å². The van der Waals surface area contributed by atoms with Gasteiger partial charge in [0.25, 0.3) is 5.56 Å². The van der Waals surface area contributed by atoms with Crippen molar-refractivity contribution < 1.29 is 14.3 Å². The molecule has 5 heteroatoms. The van der Waals surface area contributed by atoms with Crippen molar-refractivity contribution >= 4 is 11.7 Å². The normalized spacial score (nSPS) is 10.1. The number of carbonyl (C=O) groups excluding carboxylic acids is 1. The average molecular weight is 299 g/mol. The molecule has 0 aliphatic heterocycles. The van der Waals surface area contributed by atoms with E-state index >= 15 is 0 Å². The molecule has 1 aromatic carbocycles. The first-order valence-electron chi connectivity index (χ1n) is 6.81. The third-order valence-corrected chi connectivity index (χ3v) is 3.10. The number of hydrogen-bond acceptors (Lipinski definition) is 4. The number of ether oxygens (including phenoxy) is 2. The van der Waals surface area contributed by atoms with Gasteiger partial charge in [-0.3, -0.25) is 9.36 Å². The van der Waals surface area contributed by atoms with E-state index in [0.717, 1.165) is 0 Å². The van der Waals surface area contributed by atoms with Gasteiger partial charge in [-0.05, 0) is 25.1 Å². The molecule has 0 bridgehead atoms. The Balaban J connectivity index is 2.67. The maximum atomic E-state index is 12.5. The summed E-state index contributed by atoms with van der Waals surface area (Å²) in [6, 6.07) is 10.4. The number of carbonyl (C=O) groups is 1. The average Bonchev–Trinajstić information content (AvgIpc) is 2.55. The van der Waals surface area contributed by atoms with Crippen molar-refractivity contribution in [2.45, 2.75) is 6.92 Å². The van der Waals surface area contributed by atoms with E-state index in [0.29, 0.717) is 23.6 Å². The second-order valence-electron chi connectivity index (χ2n) is 4.50. The van der Waals surface area contributed by atoms with Crippen molar-refractivity contribution in [1.29, 1.82) is 0 Å². The first-order chi connectivity index (χ1) is 10.6. The lowest BCUT2D eigenvalue weighted by molar-refractivity contribution is 0.0598. The quantitative estimate of drug-likeness (QED) is 0.629. The van der Waals surface area contributed by atoms with E-state index in [2.05, 4.69) is 11.3 Å². The minimum absolute atomic E-state index is 0.0651. The predicted molar refractivity (Wildman–Crippen MR) is 84.0 cm³/mol. The fraction of sp³-hybridized carbons (Fsp3) is 0.176. The summed E-state index contributed by atoms with van der Waals surface area (Å²) < 4.78 is 11.4. The molecule has 0 unspecified atom stereocenters. The number of para-hydroxylation sites is 1. The summed E-state index contributed by atoms with van der Waals surface area (Å²) in [7, 11) is 1.23. The van der Waals surface area contributed by atoms with Crippen molar-refractivity contribution in [3.05, 3.63) is 70.7 Å². The van der Waals surface area contributed by atoms with Crippen molar-refractivity contribution in [3.63, 3.8) is 0 Å². The molecule has 5 nitrogen and oxygen atoms in total. The Hall–Kier alpha value is -2.82. The van der Waals surface area contributed by atoms with Crippen molar-refractivity contribution in [1.82, 2.24) is 4.57 Å². The first-order valence-corrected chi connectivity index (χ1v) is 6.81. The molecule has 0 fully saturated rings. The van der Waals surface area contributed by atoms with Crippen LogP contribution in [0.1, 0.15) is 22.8 Å². The zero-order valence-electron chi connectivity index (χ0n) is 12.5. The van der Waals surface area contributed by atoms with Crippen molar-refractivity contribution in [2.24, 2.45) is 0 Å². The van der Waals surface area contributed by atoms with E-state index < -0.39 is 11.5 Å². The molecule has 0 radical (unpaired) electrons. The zero-order chi connectivity index (χ0) is 16.1. The van der Waals surface area contributed by atoms with Gasteiger partial charge in [-0.25, -0.2) is 4.79 Å². The Morgan fingerprint density at radius 3 is 2.55 bits per heavy atom. The fourth-order valence-electron chi connectivity index (χ4n) is 2.03. The van der Waals surface area contributed by atoms with E-state index in [-0.39, 0.29) is 5.56 Å². The Bertz CT molecular complexity index is 747. The van der Waals surface area contributed by atoms with Gasteiger partial charge in [-0.1, -0.05) is 24.8 Å². The number of hydrogen-bond donors (Lipinski definition) is 0. The number of esters is 1. The molecule has 0 aliphatic carbocycles. The molecule has 2 rings (SSSR count). The van der Waals surface area contributed by atoms with Crippen LogP contribution in [0.2, 0.25) is 0 Å². The van der Waals surface area contributed by atoms with Gasteiger partial charge >= 0.3 is 5.97 Å². The summed E-state index contributed by atoms with van der Waals surface area (Å²) in [5.41, 5.74) is 0.672. The molecule has 0 amide bonds. The number of nitrogens with zero attached hydrogens (tertiary/aromatic N) is 1. The molecule has 2 aromatic rings. The Kier molecular flexibility index (Phi) is 4.78. The minimum Gasteiger partial charge on any atom is -0.494 e. The third kappa shape index (κ3) is 3.09. The third-order valence-electron chi connectivity index (χ3n) is 3.10. The van der Waals surface area contributed by atoms with Gasteiger partial charge in [-0.2, -0.15) is 0 Å². The van der Waals surface area contributed by atoms with Gasteiger partial charge in [-0.15, -0.1) is 0 Å². The van der Waals surface area contributed by atoms with Crippen LogP contribution < -0.4 is 5.56 Å². The van der Waals surface area contributed by atoms with Crippen LogP contribution in [0.5, 0.6) is 0 Å². The molecule has 0 aliphatic rings. The summed E-state index contributed by atoms with van der Waals surface area (Å²) in [6.07, 6.45) is 1.60. The molecule has 114 valence electrons. The van der Waals surface area contributed by atoms with Crippen LogP contribution in [-0.4, -0.2) is 24.3 Å². The van der Waals surface area contributed by atoms with Crippen LogP contribution >= 0.6 is 0 Å². The molecule has 0 N–H and O–H groups in total. The molecule has 0 spiro atoms. The minimum atomic E-state index is -0.694. The highest BCUT2D eigenvalue weighted by Gasteiger charge is 2.17. The van der Waals surface area contributed by atoms with Gasteiger partial charge in [0.15, 0.2) is 0 Å². The first kappa shape index (κ1) is 15.6. The second-order valence-corrected chi connectivity index (χ2v) is 4.50. The summed E-state index contributed by atoms with van der Waals surface area (Å²) in [5.74, 6) is -0.307. The van der Waals surface area contributed by atoms with Crippen LogP contribution in [0.4, 0.5) is 0 Å². The Morgan fingerprint density at radius 2 is 1.95 bits per heavy atom. The highest BCUT2D eigenvalue weighted by Crippen LogP contribution is 2.16. The Morgan fingerprint density at radius 1 is 1.27 bits per heavy atom. The molecule has 1 aromatic heterocycles.